The van der Waals surface area contributed by atoms with Crippen molar-refractivity contribution in [2.45, 2.75) is 33.3 Å². The number of allylic oxidation sites excluding steroid dienone is 1. The van der Waals surface area contributed by atoms with Gasteiger partial charge in [-0.1, -0.05) is 20.8 Å². The molecule has 0 aromatic carbocycles. The molecule has 0 radical (unpaired) electrons. The van der Waals surface area contributed by atoms with Gasteiger partial charge >= 0.3 is 0 Å². The molecular formula is C10H18FeO3. The van der Waals surface area contributed by atoms with Gasteiger partial charge in [0.05, 0.1) is 0 Å². The molecule has 1 N–H and O–H groups in total. The van der Waals surface area contributed by atoms with E-state index in [-0.39, 0.29) is 40.6 Å². The molecule has 0 heterocycles. The summed E-state index contributed by atoms with van der Waals surface area (Å²) < 4.78 is 4.97. The van der Waals surface area contributed by atoms with Crippen LogP contribution in [0, 0.1) is 5.92 Å². The maximum absolute atomic E-state index is 11.2. The van der Waals surface area contributed by atoms with Crippen LogP contribution in [0.2, 0.25) is 0 Å². The molecule has 0 aromatic rings. The number of carbonyl (C=O) groups is 1. The average Bonchev–Trinajstić information content (AvgIpc) is 2.06. The standard InChI is InChI=1S/C10H18O3.Fe/c1-5-10(13-4)9(12)6-8(11)7(2)3;/h6-7,10,12H,5H2,1-4H3;/b9-6-;. The largest absolute Gasteiger partial charge is 0.509 e. The molecule has 0 saturated heterocycles. The summed E-state index contributed by atoms with van der Waals surface area (Å²) >= 11 is 0. The maximum atomic E-state index is 11.2. The van der Waals surface area contributed by atoms with E-state index in [1.54, 1.807) is 13.8 Å². The Kier molecular flexibility index (Phi) is 9.26. The normalized spacial score (nSPS) is 13.6. The van der Waals surface area contributed by atoms with E-state index in [4.69, 9.17) is 4.74 Å². The third kappa shape index (κ3) is 5.43. The molecule has 0 fully saturated rings. The Balaban J connectivity index is 0. The van der Waals surface area contributed by atoms with Crippen molar-refractivity contribution >= 4 is 5.78 Å². The van der Waals surface area contributed by atoms with Gasteiger partial charge in [0.1, 0.15) is 11.9 Å². The number of rotatable bonds is 5. The van der Waals surface area contributed by atoms with Gasteiger partial charge in [-0.25, -0.2) is 0 Å². The van der Waals surface area contributed by atoms with Crippen molar-refractivity contribution in [1.29, 1.82) is 0 Å². The second-order valence-corrected chi connectivity index (χ2v) is 3.26. The molecule has 0 rings (SSSR count). The van der Waals surface area contributed by atoms with Crippen molar-refractivity contribution in [2.24, 2.45) is 5.92 Å². The molecule has 0 spiro atoms. The summed E-state index contributed by atoms with van der Waals surface area (Å²) in [7, 11) is 1.51. The van der Waals surface area contributed by atoms with Gasteiger partial charge in [0.25, 0.3) is 0 Å². The van der Waals surface area contributed by atoms with Crippen LogP contribution in [0.3, 0.4) is 0 Å². The zero-order chi connectivity index (χ0) is 10.4. The molecule has 0 aromatic heterocycles. The fourth-order valence-corrected chi connectivity index (χ4v) is 0.902. The number of ether oxygens (including phenoxy) is 1. The molecule has 0 amide bonds. The van der Waals surface area contributed by atoms with Crippen LogP contribution in [0.25, 0.3) is 0 Å². The first-order valence-electron chi connectivity index (χ1n) is 4.50. The Morgan fingerprint density at radius 2 is 2.00 bits per heavy atom. The van der Waals surface area contributed by atoms with E-state index in [9.17, 15) is 9.90 Å². The smallest absolute Gasteiger partial charge is 0.161 e. The molecule has 0 aliphatic carbocycles. The van der Waals surface area contributed by atoms with Crippen LogP contribution >= 0.6 is 0 Å². The molecule has 1 atom stereocenters. The Morgan fingerprint density at radius 3 is 2.29 bits per heavy atom. The van der Waals surface area contributed by atoms with Crippen LogP contribution in [0.4, 0.5) is 0 Å². The molecule has 3 nitrogen and oxygen atoms in total. The van der Waals surface area contributed by atoms with Gasteiger partial charge in [-0.3, -0.25) is 4.79 Å². The topological polar surface area (TPSA) is 46.5 Å². The second kappa shape index (κ2) is 8.04. The zero-order valence-corrected chi connectivity index (χ0v) is 10.2. The van der Waals surface area contributed by atoms with Crippen molar-refractivity contribution in [3.8, 4) is 0 Å². The molecule has 0 saturated carbocycles. The zero-order valence-electron chi connectivity index (χ0n) is 9.06. The van der Waals surface area contributed by atoms with Gasteiger partial charge in [-0.05, 0) is 6.42 Å². The Labute approximate surface area is 96.0 Å². The van der Waals surface area contributed by atoms with Crippen LogP contribution in [0.5, 0.6) is 0 Å². The van der Waals surface area contributed by atoms with Crippen LogP contribution in [-0.2, 0) is 26.6 Å². The van der Waals surface area contributed by atoms with E-state index >= 15 is 0 Å². The van der Waals surface area contributed by atoms with E-state index in [0.717, 1.165) is 0 Å². The minimum atomic E-state index is -0.359. The quantitative estimate of drug-likeness (QED) is 0.456. The third-order valence-electron chi connectivity index (χ3n) is 1.84. The number of methoxy groups -OCH3 is 1. The van der Waals surface area contributed by atoms with E-state index < -0.39 is 0 Å². The van der Waals surface area contributed by atoms with Crippen LogP contribution in [0.1, 0.15) is 27.2 Å². The molecule has 14 heavy (non-hydrogen) atoms. The first-order valence-corrected chi connectivity index (χ1v) is 4.50. The van der Waals surface area contributed by atoms with E-state index in [2.05, 4.69) is 0 Å². The monoisotopic (exact) mass is 242 g/mol. The fraction of sp³-hybridized carbons (Fsp3) is 0.700. The number of ketones is 1. The van der Waals surface area contributed by atoms with Crippen molar-refractivity contribution in [1.82, 2.24) is 0 Å². The van der Waals surface area contributed by atoms with Crippen molar-refractivity contribution in [3.05, 3.63) is 11.8 Å². The van der Waals surface area contributed by atoms with Crippen molar-refractivity contribution < 1.29 is 31.7 Å². The Bertz CT molecular complexity index is 196. The van der Waals surface area contributed by atoms with Crippen LogP contribution in [-0.4, -0.2) is 24.1 Å². The fourth-order valence-electron chi connectivity index (χ4n) is 0.902. The number of carbonyl (C=O) groups excluding carboxylic acids is 1. The maximum Gasteiger partial charge on any atom is 0.161 e. The van der Waals surface area contributed by atoms with E-state index in [0.29, 0.717) is 6.42 Å². The summed E-state index contributed by atoms with van der Waals surface area (Å²) in [5.41, 5.74) is 0. The van der Waals surface area contributed by atoms with Crippen molar-refractivity contribution in [3.63, 3.8) is 0 Å². The molecule has 1 unspecified atom stereocenters. The predicted molar refractivity (Wildman–Crippen MR) is 51.6 cm³/mol. The van der Waals surface area contributed by atoms with E-state index in [1.165, 1.54) is 13.2 Å². The minimum absolute atomic E-state index is 0. The summed E-state index contributed by atoms with van der Waals surface area (Å²) in [5.74, 6) is -0.145. The molecule has 84 valence electrons. The van der Waals surface area contributed by atoms with Gasteiger partial charge in [0.15, 0.2) is 5.78 Å². The van der Waals surface area contributed by atoms with Gasteiger partial charge in [-0.2, -0.15) is 0 Å². The summed E-state index contributed by atoms with van der Waals surface area (Å²) in [6.07, 6.45) is 1.55. The SMILES string of the molecule is CCC(OC)/C(O)=C/C(=O)C(C)C.[Fe]. The average molecular weight is 242 g/mol. The van der Waals surface area contributed by atoms with Gasteiger partial charge in [0, 0.05) is 36.2 Å². The predicted octanol–water partition coefficient (Wildman–Crippen LogP) is 2.08. The summed E-state index contributed by atoms with van der Waals surface area (Å²) in [4.78, 5) is 11.2. The van der Waals surface area contributed by atoms with Crippen LogP contribution in [0.15, 0.2) is 11.8 Å². The number of aliphatic hydroxyl groups excluding tert-OH is 1. The van der Waals surface area contributed by atoms with Gasteiger partial charge in [0.2, 0.25) is 0 Å². The first-order chi connectivity index (χ1) is 6.02. The van der Waals surface area contributed by atoms with Gasteiger partial charge in [-0.15, -0.1) is 0 Å². The minimum Gasteiger partial charge on any atom is -0.509 e. The first kappa shape index (κ1) is 16.1. The molecule has 4 heteroatoms. The number of hydrogen-bond donors (Lipinski definition) is 1. The molecular weight excluding hydrogens is 224 g/mol. The number of aliphatic hydroxyl groups is 1. The molecule has 0 aliphatic rings. The van der Waals surface area contributed by atoms with Crippen molar-refractivity contribution in [2.75, 3.05) is 7.11 Å². The second-order valence-electron chi connectivity index (χ2n) is 3.26. The van der Waals surface area contributed by atoms with Gasteiger partial charge < -0.3 is 9.84 Å². The Morgan fingerprint density at radius 1 is 1.50 bits per heavy atom. The van der Waals surface area contributed by atoms with Crippen LogP contribution < -0.4 is 0 Å². The number of hydrogen-bond acceptors (Lipinski definition) is 3. The molecule has 0 aliphatic heterocycles. The van der Waals surface area contributed by atoms with E-state index in [1.807, 2.05) is 6.92 Å². The summed E-state index contributed by atoms with van der Waals surface area (Å²) in [5, 5.41) is 9.44. The summed E-state index contributed by atoms with van der Waals surface area (Å²) in [6.45, 7) is 5.47. The Hall–Kier alpha value is -0.311. The third-order valence-corrected chi connectivity index (χ3v) is 1.84. The molecule has 0 bridgehead atoms. The summed E-state index contributed by atoms with van der Waals surface area (Å²) in [6, 6.07) is 0.